The van der Waals surface area contributed by atoms with Crippen LogP contribution in [0.4, 0.5) is 0 Å². The molecule has 2 aromatic rings. The normalized spacial score (nSPS) is 10.2. The van der Waals surface area contributed by atoms with Crippen molar-refractivity contribution in [3.8, 4) is 5.75 Å². The number of amides is 1. The van der Waals surface area contributed by atoms with Gasteiger partial charge in [0, 0.05) is 23.4 Å². The van der Waals surface area contributed by atoms with Crippen molar-refractivity contribution in [1.82, 2.24) is 10.3 Å². The van der Waals surface area contributed by atoms with Crippen LogP contribution in [0.15, 0.2) is 41.1 Å². The molecule has 0 saturated carbocycles. The van der Waals surface area contributed by atoms with E-state index in [1.165, 1.54) is 0 Å². The van der Waals surface area contributed by atoms with Gasteiger partial charge in [-0.15, -0.1) is 0 Å². The first-order chi connectivity index (χ1) is 10.1. The predicted molar refractivity (Wildman–Crippen MR) is 85.2 cm³/mol. The fraction of sp³-hybridized carbons (Fsp3) is 0.250. The highest BCUT2D eigenvalue weighted by molar-refractivity contribution is 9.10. The lowest BCUT2D eigenvalue weighted by atomic mass is 10.1. The summed E-state index contributed by atoms with van der Waals surface area (Å²) in [4.78, 5) is 15.7. The predicted octanol–water partition coefficient (Wildman–Crippen LogP) is 3.16. The van der Waals surface area contributed by atoms with Crippen molar-refractivity contribution in [3.63, 3.8) is 0 Å². The molecule has 21 heavy (non-hydrogen) atoms. The number of carbonyl (C=O) groups excluding carboxylic acids is 1. The van der Waals surface area contributed by atoms with Gasteiger partial charge in [0.15, 0.2) is 6.61 Å². The number of aryl methyl sites for hydroxylation is 2. The van der Waals surface area contributed by atoms with Crippen LogP contribution in [0.3, 0.4) is 0 Å². The first-order valence-electron chi connectivity index (χ1n) is 6.61. The summed E-state index contributed by atoms with van der Waals surface area (Å²) in [6.07, 6.45) is 3.40. The summed E-state index contributed by atoms with van der Waals surface area (Å²) in [6, 6.07) is 7.64. The van der Waals surface area contributed by atoms with E-state index in [2.05, 4.69) is 26.2 Å². The van der Waals surface area contributed by atoms with E-state index in [-0.39, 0.29) is 12.5 Å². The van der Waals surface area contributed by atoms with E-state index in [4.69, 9.17) is 4.74 Å². The number of hydrogen-bond donors (Lipinski definition) is 1. The van der Waals surface area contributed by atoms with Crippen LogP contribution in [0.1, 0.15) is 16.7 Å². The molecule has 1 N–H and O–H groups in total. The number of nitrogens with zero attached hydrogens (tertiary/aromatic N) is 1. The first kappa shape index (κ1) is 15.5. The highest BCUT2D eigenvalue weighted by Crippen LogP contribution is 2.26. The molecule has 1 amide bonds. The summed E-state index contributed by atoms with van der Waals surface area (Å²) in [6.45, 7) is 4.42. The Morgan fingerprint density at radius 3 is 2.67 bits per heavy atom. The molecule has 2 rings (SSSR count). The van der Waals surface area contributed by atoms with Crippen molar-refractivity contribution in [2.45, 2.75) is 20.4 Å². The average Bonchev–Trinajstić information content (AvgIpc) is 2.48. The second-order valence-electron chi connectivity index (χ2n) is 4.79. The number of nitrogens with one attached hydrogen (secondary N) is 1. The molecule has 0 fully saturated rings. The van der Waals surface area contributed by atoms with E-state index in [1.54, 1.807) is 12.4 Å². The lowest BCUT2D eigenvalue weighted by molar-refractivity contribution is -0.123. The maximum absolute atomic E-state index is 11.8. The fourth-order valence-corrected chi connectivity index (χ4v) is 2.26. The summed E-state index contributed by atoms with van der Waals surface area (Å²) < 4.78 is 6.61. The van der Waals surface area contributed by atoms with Crippen LogP contribution in [0, 0.1) is 13.8 Å². The number of hydrogen-bond acceptors (Lipinski definition) is 3. The second kappa shape index (κ2) is 7.22. The van der Waals surface area contributed by atoms with Crippen LogP contribution in [0.2, 0.25) is 0 Å². The zero-order valence-electron chi connectivity index (χ0n) is 12.0. The topological polar surface area (TPSA) is 51.2 Å². The van der Waals surface area contributed by atoms with Gasteiger partial charge < -0.3 is 10.1 Å². The zero-order chi connectivity index (χ0) is 15.2. The van der Waals surface area contributed by atoms with E-state index < -0.39 is 0 Å². The van der Waals surface area contributed by atoms with E-state index in [9.17, 15) is 4.79 Å². The molecule has 0 unspecified atom stereocenters. The number of ether oxygens (including phenoxy) is 1. The molecule has 0 bridgehead atoms. The molecular weight excluding hydrogens is 332 g/mol. The highest BCUT2D eigenvalue weighted by Gasteiger charge is 2.07. The van der Waals surface area contributed by atoms with Crippen molar-refractivity contribution in [2.24, 2.45) is 0 Å². The maximum Gasteiger partial charge on any atom is 0.258 e. The molecule has 0 aliphatic carbocycles. The lowest BCUT2D eigenvalue weighted by Gasteiger charge is -2.11. The van der Waals surface area contributed by atoms with Gasteiger partial charge in [-0.3, -0.25) is 9.78 Å². The summed E-state index contributed by atoms with van der Waals surface area (Å²) in [5.41, 5.74) is 3.08. The highest BCUT2D eigenvalue weighted by atomic mass is 79.9. The lowest BCUT2D eigenvalue weighted by Crippen LogP contribution is -2.28. The van der Waals surface area contributed by atoms with Gasteiger partial charge in [0.25, 0.3) is 5.91 Å². The monoisotopic (exact) mass is 348 g/mol. The summed E-state index contributed by atoms with van der Waals surface area (Å²) in [7, 11) is 0. The maximum atomic E-state index is 11.8. The molecule has 5 heteroatoms. The Bertz CT molecular complexity index is 630. The molecule has 1 heterocycles. The molecule has 0 aliphatic heterocycles. The number of halogens is 1. The van der Waals surface area contributed by atoms with E-state index >= 15 is 0 Å². The number of benzene rings is 1. The molecule has 0 spiro atoms. The van der Waals surface area contributed by atoms with E-state index in [0.717, 1.165) is 26.9 Å². The minimum atomic E-state index is -0.146. The van der Waals surface area contributed by atoms with Gasteiger partial charge >= 0.3 is 0 Å². The number of pyridine rings is 1. The van der Waals surface area contributed by atoms with Gasteiger partial charge in [0.1, 0.15) is 5.75 Å². The van der Waals surface area contributed by atoms with Crippen LogP contribution in [0.25, 0.3) is 0 Å². The molecule has 1 aromatic carbocycles. The summed E-state index contributed by atoms with van der Waals surface area (Å²) >= 11 is 3.47. The Hall–Kier alpha value is -1.88. The van der Waals surface area contributed by atoms with Crippen LogP contribution < -0.4 is 10.1 Å². The van der Waals surface area contributed by atoms with Gasteiger partial charge in [0.05, 0.1) is 0 Å². The largest absolute Gasteiger partial charge is 0.483 e. The van der Waals surface area contributed by atoms with Crippen molar-refractivity contribution < 1.29 is 9.53 Å². The molecule has 110 valence electrons. The van der Waals surface area contributed by atoms with Crippen molar-refractivity contribution in [3.05, 3.63) is 57.8 Å². The van der Waals surface area contributed by atoms with Gasteiger partial charge in [-0.25, -0.2) is 0 Å². The Morgan fingerprint density at radius 1 is 1.24 bits per heavy atom. The van der Waals surface area contributed by atoms with Crippen LogP contribution in [-0.4, -0.2) is 17.5 Å². The fourth-order valence-electron chi connectivity index (χ4n) is 1.81. The second-order valence-corrected chi connectivity index (χ2v) is 5.64. The molecule has 0 radical (unpaired) electrons. The van der Waals surface area contributed by atoms with Crippen LogP contribution in [-0.2, 0) is 11.3 Å². The minimum absolute atomic E-state index is 0.00694. The molecular formula is C16H17BrN2O2. The third-order valence-corrected chi connectivity index (χ3v) is 3.91. The summed E-state index contributed by atoms with van der Waals surface area (Å²) in [5, 5.41) is 2.81. The van der Waals surface area contributed by atoms with Gasteiger partial charge in [-0.05, 0) is 54.8 Å². The van der Waals surface area contributed by atoms with Crippen molar-refractivity contribution in [1.29, 1.82) is 0 Å². The third kappa shape index (κ3) is 4.56. The standard InChI is InChI=1S/C16H17BrN2O2/c1-11-8-15(12(2)7-14(11)17)21-10-16(20)19-9-13-3-5-18-6-4-13/h3-8H,9-10H2,1-2H3,(H,19,20). The number of rotatable bonds is 5. The van der Waals surface area contributed by atoms with Gasteiger partial charge in [0.2, 0.25) is 0 Å². The minimum Gasteiger partial charge on any atom is -0.483 e. The SMILES string of the molecule is Cc1cc(OCC(=O)NCc2ccncc2)c(C)cc1Br. The van der Waals surface area contributed by atoms with Crippen LogP contribution in [0.5, 0.6) is 5.75 Å². The van der Waals surface area contributed by atoms with Crippen molar-refractivity contribution in [2.75, 3.05) is 6.61 Å². The first-order valence-corrected chi connectivity index (χ1v) is 7.40. The van der Waals surface area contributed by atoms with Gasteiger partial charge in [-0.2, -0.15) is 0 Å². The Balaban J connectivity index is 1.85. The molecule has 0 atom stereocenters. The molecule has 4 nitrogen and oxygen atoms in total. The Kier molecular flexibility index (Phi) is 5.33. The van der Waals surface area contributed by atoms with E-state index in [0.29, 0.717) is 6.54 Å². The van der Waals surface area contributed by atoms with Crippen LogP contribution >= 0.6 is 15.9 Å². The zero-order valence-corrected chi connectivity index (χ0v) is 13.6. The molecule has 0 saturated heterocycles. The number of aromatic nitrogens is 1. The average molecular weight is 349 g/mol. The Morgan fingerprint density at radius 2 is 1.95 bits per heavy atom. The van der Waals surface area contributed by atoms with E-state index in [1.807, 2.05) is 38.1 Å². The third-order valence-electron chi connectivity index (χ3n) is 3.05. The smallest absolute Gasteiger partial charge is 0.258 e. The summed E-state index contributed by atoms with van der Waals surface area (Å²) in [5.74, 6) is 0.585. The molecule has 1 aromatic heterocycles. The number of carbonyl (C=O) groups is 1. The Labute approximate surface area is 132 Å². The molecule has 0 aliphatic rings. The van der Waals surface area contributed by atoms with Gasteiger partial charge in [-0.1, -0.05) is 15.9 Å². The van der Waals surface area contributed by atoms with Crippen molar-refractivity contribution >= 4 is 21.8 Å². The quantitative estimate of drug-likeness (QED) is 0.902.